The monoisotopic (exact) mass is 222 g/mol. The molecule has 3 unspecified atom stereocenters. The molecule has 1 saturated carbocycles. The van der Waals surface area contributed by atoms with E-state index in [0.717, 1.165) is 23.3 Å². The summed E-state index contributed by atoms with van der Waals surface area (Å²) in [4.78, 5) is 0. The fourth-order valence-corrected chi connectivity index (χ4v) is 4.76. The van der Waals surface area contributed by atoms with Crippen LogP contribution in [-0.4, -0.2) is 8.07 Å². The van der Waals surface area contributed by atoms with E-state index in [1.165, 1.54) is 19.3 Å². The highest BCUT2D eigenvalue weighted by atomic mass is 28.3. The van der Waals surface area contributed by atoms with Crippen LogP contribution in [-0.2, 0) is 0 Å². The lowest BCUT2D eigenvalue weighted by molar-refractivity contribution is 0.431. The van der Waals surface area contributed by atoms with Crippen LogP contribution in [0.3, 0.4) is 0 Å². The van der Waals surface area contributed by atoms with Crippen molar-refractivity contribution < 1.29 is 0 Å². The summed E-state index contributed by atoms with van der Waals surface area (Å²) >= 11 is 0. The third kappa shape index (κ3) is 2.38. The average molecular weight is 222 g/mol. The van der Waals surface area contributed by atoms with E-state index in [9.17, 15) is 0 Å². The second kappa shape index (κ2) is 4.08. The molecule has 0 amide bonds. The van der Waals surface area contributed by atoms with E-state index in [-0.39, 0.29) is 0 Å². The fraction of sp³-hybridized carbons (Fsp3) is 0.857. The van der Waals surface area contributed by atoms with E-state index in [1.807, 2.05) is 0 Å². The zero-order valence-electron chi connectivity index (χ0n) is 10.8. The number of fused-ring (bicyclic) bond motifs is 2. The maximum atomic E-state index is 2.57. The summed E-state index contributed by atoms with van der Waals surface area (Å²) in [5, 5.41) is 0. The van der Waals surface area contributed by atoms with Gasteiger partial charge in [-0.25, -0.2) is 0 Å². The van der Waals surface area contributed by atoms with Crippen LogP contribution in [0.5, 0.6) is 0 Å². The van der Waals surface area contributed by atoms with E-state index in [1.54, 1.807) is 6.04 Å². The largest absolute Gasteiger partial charge is 0.0851 e. The first-order valence-electron chi connectivity index (χ1n) is 6.67. The minimum Gasteiger partial charge on any atom is -0.0851 e. The predicted octanol–water partition coefficient (Wildman–Crippen LogP) is 4.71. The molecule has 2 bridgehead atoms. The van der Waals surface area contributed by atoms with Crippen LogP contribution in [0.25, 0.3) is 0 Å². The molecule has 0 aliphatic heterocycles. The number of allylic oxidation sites excluding steroid dienone is 2. The number of hydrogen-bond acceptors (Lipinski definition) is 0. The third-order valence-corrected chi connectivity index (χ3v) is 9.84. The first-order chi connectivity index (χ1) is 6.99. The van der Waals surface area contributed by atoms with Gasteiger partial charge in [0.2, 0.25) is 0 Å². The van der Waals surface area contributed by atoms with E-state index >= 15 is 0 Å². The standard InChI is InChI=1S/C14H26Si/c1-11(2)15(3,4)8-7-14-10-12-5-6-13(14)9-12/h5-6,11-14H,7-10H2,1-4H3. The lowest BCUT2D eigenvalue weighted by Gasteiger charge is -2.29. The van der Waals surface area contributed by atoms with Crippen molar-refractivity contribution in [3.8, 4) is 0 Å². The molecule has 1 heteroatoms. The molecule has 0 heterocycles. The maximum absolute atomic E-state index is 2.57. The van der Waals surface area contributed by atoms with Gasteiger partial charge < -0.3 is 0 Å². The van der Waals surface area contributed by atoms with Crippen LogP contribution in [0.15, 0.2) is 12.2 Å². The Balaban J connectivity index is 1.82. The van der Waals surface area contributed by atoms with Crippen LogP contribution >= 0.6 is 0 Å². The first-order valence-corrected chi connectivity index (χ1v) is 9.96. The van der Waals surface area contributed by atoms with Gasteiger partial charge >= 0.3 is 0 Å². The van der Waals surface area contributed by atoms with Crippen molar-refractivity contribution in [2.45, 2.75) is 57.8 Å². The van der Waals surface area contributed by atoms with Crippen LogP contribution in [0.2, 0.25) is 24.7 Å². The Morgan fingerprint density at radius 3 is 2.40 bits per heavy atom. The summed E-state index contributed by atoms with van der Waals surface area (Å²) in [6.45, 7) is 9.99. The van der Waals surface area contributed by atoms with E-state index < -0.39 is 8.07 Å². The van der Waals surface area contributed by atoms with E-state index in [4.69, 9.17) is 0 Å². The number of hydrogen-bond donors (Lipinski definition) is 0. The minimum atomic E-state index is -0.900. The molecular formula is C14H26Si. The normalized spacial score (nSPS) is 34.3. The zero-order valence-corrected chi connectivity index (χ0v) is 11.8. The van der Waals surface area contributed by atoms with Gasteiger partial charge in [0.05, 0.1) is 0 Å². The van der Waals surface area contributed by atoms with Crippen LogP contribution < -0.4 is 0 Å². The first kappa shape index (κ1) is 11.4. The maximum Gasteiger partial charge on any atom is 0.0499 e. The molecular weight excluding hydrogens is 196 g/mol. The summed E-state index contributed by atoms with van der Waals surface area (Å²) < 4.78 is 0. The summed E-state index contributed by atoms with van der Waals surface area (Å²) in [7, 11) is -0.900. The summed E-state index contributed by atoms with van der Waals surface area (Å²) in [5.74, 6) is 2.97. The Morgan fingerprint density at radius 2 is 1.93 bits per heavy atom. The van der Waals surface area contributed by atoms with Gasteiger partial charge in [-0.3, -0.25) is 0 Å². The molecule has 0 aromatic heterocycles. The average Bonchev–Trinajstić information content (AvgIpc) is 2.75. The van der Waals surface area contributed by atoms with Gasteiger partial charge in [0.1, 0.15) is 0 Å². The summed E-state index contributed by atoms with van der Waals surface area (Å²) in [5.41, 5.74) is 0.951. The van der Waals surface area contributed by atoms with Gasteiger partial charge in [-0.1, -0.05) is 57.1 Å². The van der Waals surface area contributed by atoms with Crippen molar-refractivity contribution in [1.29, 1.82) is 0 Å². The van der Waals surface area contributed by atoms with Crippen LogP contribution in [0.1, 0.15) is 33.1 Å². The van der Waals surface area contributed by atoms with E-state index in [2.05, 4.69) is 39.1 Å². The van der Waals surface area contributed by atoms with Gasteiger partial charge in [-0.2, -0.15) is 0 Å². The van der Waals surface area contributed by atoms with Gasteiger partial charge in [-0.05, 0) is 30.6 Å². The molecule has 0 saturated heterocycles. The molecule has 2 rings (SSSR count). The summed E-state index contributed by atoms with van der Waals surface area (Å²) in [6.07, 6.45) is 9.47. The van der Waals surface area contributed by atoms with E-state index in [0.29, 0.717) is 0 Å². The van der Waals surface area contributed by atoms with Crippen LogP contribution in [0, 0.1) is 17.8 Å². The highest BCUT2D eigenvalue weighted by Gasteiger charge is 2.36. The minimum absolute atomic E-state index is 0.900. The Morgan fingerprint density at radius 1 is 1.20 bits per heavy atom. The van der Waals surface area contributed by atoms with Gasteiger partial charge in [0.25, 0.3) is 0 Å². The molecule has 0 aromatic carbocycles. The van der Waals surface area contributed by atoms with Crippen LogP contribution in [0.4, 0.5) is 0 Å². The lowest BCUT2D eigenvalue weighted by Crippen LogP contribution is -2.30. The Kier molecular flexibility index (Phi) is 3.11. The zero-order chi connectivity index (χ0) is 11.1. The van der Waals surface area contributed by atoms with Crippen molar-refractivity contribution in [2.24, 2.45) is 17.8 Å². The molecule has 2 aliphatic carbocycles. The molecule has 0 aromatic rings. The van der Waals surface area contributed by atoms with Crippen molar-refractivity contribution in [3.63, 3.8) is 0 Å². The third-order valence-electron chi connectivity index (χ3n) is 5.14. The quantitative estimate of drug-likeness (QED) is 0.477. The molecule has 2 aliphatic rings. The second-order valence-corrected chi connectivity index (χ2v) is 12.4. The van der Waals surface area contributed by atoms with Gasteiger partial charge in [-0.15, -0.1) is 0 Å². The molecule has 0 radical (unpaired) electrons. The highest BCUT2D eigenvalue weighted by Crippen LogP contribution is 2.46. The molecule has 0 N–H and O–H groups in total. The predicted molar refractivity (Wildman–Crippen MR) is 70.8 cm³/mol. The molecule has 1 fully saturated rings. The summed E-state index contributed by atoms with van der Waals surface area (Å²) in [6, 6.07) is 1.55. The lowest BCUT2D eigenvalue weighted by atomic mass is 9.91. The Labute approximate surface area is 96.2 Å². The molecule has 86 valence electrons. The number of rotatable bonds is 4. The molecule has 3 atom stereocenters. The topological polar surface area (TPSA) is 0 Å². The SMILES string of the molecule is CC(C)[Si](C)(C)CCC1CC2C=CC1C2. The van der Waals surface area contributed by atoms with Crippen molar-refractivity contribution in [2.75, 3.05) is 0 Å². The molecule has 0 spiro atoms. The molecule has 0 nitrogen and oxygen atoms in total. The van der Waals surface area contributed by atoms with Crippen molar-refractivity contribution in [1.82, 2.24) is 0 Å². The van der Waals surface area contributed by atoms with Crippen molar-refractivity contribution in [3.05, 3.63) is 12.2 Å². The Bertz CT molecular complexity index is 252. The molecule has 15 heavy (non-hydrogen) atoms. The fourth-order valence-electron chi connectivity index (χ4n) is 3.07. The Hall–Kier alpha value is -0.0431. The van der Waals surface area contributed by atoms with Gasteiger partial charge in [0, 0.05) is 8.07 Å². The second-order valence-electron chi connectivity index (χ2n) is 6.72. The smallest absolute Gasteiger partial charge is 0.0499 e. The van der Waals surface area contributed by atoms with Crippen molar-refractivity contribution >= 4 is 8.07 Å². The highest BCUT2D eigenvalue weighted by molar-refractivity contribution is 6.78. The van der Waals surface area contributed by atoms with Gasteiger partial charge in [0.15, 0.2) is 0 Å².